The predicted octanol–water partition coefficient (Wildman–Crippen LogP) is 0.125. The molecule has 12 heavy (non-hydrogen) atoms. The molecule has 0 radical (unpaired) electrons. The van der Waals surface area contributed by atoms with Gasteiger partial charge in [0, 0.05) is 6.92 Å². The predicted molar refractivity (Wildman–Crippen MR) is 43.4 cm³/mol. The number of hydrogen-bond acceptors (Lipinski definition) is 4. The standard InChI is InChI=1S/C7H12O4S/c1-5-7(11-6(2)8)3-4-12(5,9)10/h5,7H,3-4H2,1-2H3/t5-,7-/m1/s1. The molecular weight excluding hydrogens is 180 g/mol. The highest BCUT2D eigenvalue weighted by Gasteiger charge is 2.38. The van der Waals surface area contributed by atoms with Crippen molar-refractivity contribution in [1.82, 2.24) is 0 Å². The average molecular weight is 192 g/mol. The molecule has 0 aromatic rings. The number of carbonyl (C=O) groups excluding carboxylic acids is 1. The molecule has 0 saturated carbocycles. The topological polar surface area (TPSA) is 60.4 Å². The molecule has 0 N–H and O–H groups in total. The van der Waals surface area contributed by atoms with E-state index in [0.29, 0.717) is 6.42 Å². The molecular formula is C7H12O4S. The molecule has 70 valence electrons. The van der Waals surface area contributed by atoms with Crippen molar-refractivity contribution in [2.24, 2.45) is 0 Å². The number of ether oxygens (including phenoxy) is 1. The summed E-state index contributed by atoms with van der Waals surface area (Å²) in [5.41, 5.74) is 0. The second-order valence-corrected chi connectivity index (χ2v) is 5.49. The minimum absolute atomic E-state index is 0.131. The van der Waals surface area contributed by atoms with E-state index in [-0.39, 0.29) is 5.75 Å². The van der Waals surface area contributed by atoms with Crippen molar-refractivity contribution in [1.29, 1.82) is 0 Å². The third-order valence-electron chi connectivity index (χ3n) is 2.09. The molecule has 1 aliphatic rings. The van der Waals surface area contributed by atoms with Gasteiger partial charge in [-0.25, -0.2) is 8.42 Å². The Morgan fingerprint density at radius 1 is 1.50 bits per heavy atom. The van der Waals surface area contributed by atoms with Crippen LogP contribution in [0.2, 0.25) is 0 Å². The van der Waals surface area contributed by atoms with Gasteiger partial charge in [-0.2, -0.15) is 0 Å². The summed E-state index contributed by atoms with van der Waals surface area (Å²) >= 11 is 0. The Kier molecular flexibility index (Phi) is 2.41. The fourth-order valence-electron chi connectivity index (χ4n) is 1.30. The van der Waals surface area contributed by atoms with E-state index in [1.807, 2.05) is 0 Å². The molecule has 0 aromatic heterocycles. The largest absolute Gasteiger partial charge is 0.461 e. The highest BCUT2D eigenvalue weighted by Crippen LogP contribution is 2.22. The summed E-state index contributed by atoms with van der Waals surface area (Å²) in [7, 11) is -3.00. The first kappa shape index (κ1) is 9.51. The van der Waals surface area contributed by atoms with Crippen molar-refractivity contribution < 1.29 is 17.9 Å². The third-order valence-corrected chi connectivity index (χ3v) is 4.34. The molecule has 2 atom stereocenters. The number of esters is 1. The van der Waals surface area contributed by atoms with Crippen molar-refractivity contribution >= 4 is 15.8 Å². The summed E-state index contributed by atoms with van der Waals surface area (Å²) in [6.07, 6.45) is -0.00389. The Hall–Kier alpha value is -0.580. The molecule has 0 amide bonds. The van der Waals surface area contributed by atoms with Crippen molar-refractivity contribution in [2.75, 3.05) is 5.75 Å². The summed E-state index contributed by atoms with van der Waals surface area (Å²) < 4.78 is 27.2. The second kappa shape index (κ2) is 3.05. The van der Waals surface area contributed by atoms with Crippen LogP contribution >= 0.6 is 0 Å². The van der Waals surface area contributed by atoms with Crippen LogP contribution in [0.4, 0.5) is 0 Å². The van der Waals surface area contributed by atoms with Gasteiger partial charge < -0.3 is 4.74 Å². The number of carbonyl (C=O) groups is 1. The minimum atomic E-state index is -3.00. The fraction of sp³-hybridized carbons (Fsp3) is 0.857. The molecule has 1 rings (SSSR count). The van der Waals surface area contributed by atoms with Crippen LogP contribution in [-0.4, -0.2) is 31.5 Å². The smallest absolute Gasteiger partial charge is 0.302 e. The summed E-state index contributed by atoms with van der Waals surface area (Å²) in [5.74, 6) is -0.282. The zero-order valence-corrected chi connectivity index (χ0v) is 7.93. The maximum absolute atomic E-state index is 11.2. The van der Waals surface area contributed by atoms with Gasteiger partial charge in [0.05, 0.1) is 11.0 Å². The van der Waals surface area contributed by atoms with Crippen molar-refractivity contribution in [2.45, 2.75) is 31.6 Å². The van der Waals surface area contributed by atoms with Gasteiger partial charge in [0.15, 0.2) is 9.84 Å². The monoisotopic (exact) mass is 192 g/mol. The summed E-state index contributed by atoms with van der Waals surface area (Å²) in [6.45, 7) is 2.87. The van der Waals surface area contributed by atoms with E-state index in [1.54, 1.807) is 6.92 Å². The fourth-order valence-corrected chi connectivity index (χ4v) is 2.89. The molecule has 1 heterocycles. The van der Waals surface area contributed by atoms with Crippen LogP contribution in [-0.2, 0) is 19.4 Å². The van der Waals surface area contributed by atoms with E-state index in [2.05, 4.69) is 0 Å². The molecule has 0 spiro atoms. The van der Waals surface area contributed by atoms with Crippen LogP contribution in [0, 0.1) is 0 Å². The van der Waals surface area contributed by atoms with E-state index in [1.165, 1.54) is 6.92 Å². The average Bonchev–Trinajstić information content (AvgIpc) is 2.15. The number of rotatable bonds is 1. The lowest BCUT2D eigenvalue weighted by Gasteiger charge is -2.13. The highest BCUT2D eigenvalue weighted by molar-refractivity contribution is 7.92. The molecule has 1 aliphatic heterocycles. The lowest BCUT2D eigenvalue weighted by molar-refractivity contribution is -0.145. The normalized spacial score (nSPS) is 33.2. The molecule has 0 bridgehead atoms. The van der Waals surface area contributed by atoms with E-state index < -0.39 is 27.2 Å². The zero-order valence-electron chi connectivity index (χ0n) is 7.11. The Labute approximate surface area is 71.8 Å². The van der Waals surface area contributed by atoms with Crippen molar-refractivity contribution in [3.63, 3.8) is 0 Å². The van der Waals surface area contributed by atoms with Gasteiger partial charge in [-0.05, 0) is 13.3 Å². The second-order valence-electron chi connectivity index (χ2n) is 3.01. The van der Waals surface area contributed by atoms with Crippen LogP contribution in [0.25, 0.3) is 0 Å². The maximum Gasteiger partial charge on any atom is 0.302 e. The lowest BCUT2D eigenvalue weighted by atomic mass is 10.2. The van der Waals surface area contributed by atoms with Gasteiger partial charge in [-0.3, -0.25) is 4.79 Å². The van der Waals surface area contributed by atoms with Crippen LogP contribution in [0.1, 0.15) is 20.3 Å². The molecule has 0 aromatic carbocycles. The van der Waals surface area contributed by atoms with E-state index in [4.69, 9.17) is 4.74 Å². The van der Waals surface area contributed by atoms with Gasteiger partial charge in [-0.15, -0.1) is 0 Å². The molecule has 1 fully saturated rings. The Morgan fingerprint density at radius 3 is 2.42 bits per heavy atom. The van der Waals surface area contributed by atoms with Crippen LogP contribution in [0.15, 0.2) is 0 Å². The van der Waals surface area contributed by atoms with E-state index in [9.17, 15) is 13.2 Å². The Morgan fingerprint density at radius 2 is 2.08 bits per heavy atom. The lowest BCUT2D eigenvalue weighted by Crippen LogP contribution is -2.26. The molecule has 5 heteroatoms. The first-order valence-electron chi connectivity index (χ1n) is 3.82. The van der Waals surface area contributed by atoms with Crippen LogP contribution < -0.4 is 0 Å². The van der Waals surface area contributed by atoms with Crippen LogP contribution in [0.3, 0.4) is 0 Å². The summed E-state index contributed by atoms with van der Waals surface area (Å²) in [5, 5.41) is -0.540. The van der Waals surface area contributed by atoms with Crippen molar-refractivity contribution in [3.8, 4) is 0 Å². The van der Waals surface area contributed by atoms with Gasteiger partial charge in [0.2, 0.25) is 0 Å². The molecule has 1 saturated heterocycles. The van der Waals surface area contributed by atoms with E-state index in [0.717, 1.165) is 0 Å². The van der Waals surface area contributed by atoms with Gasteiger partial charge >= 0.3 is 5.97 Å². The van der Waals surface area contributed by atoms with Gasteiger partial charge in [0.1, 0.15) is 6.10 Å². The quantitative estimate of drug-likeness (QED) is 0.554. The van der Waals surface area contributed by atoms with Crippen molar-refractivity contribution in [3.05, 3.63) is 0 Å². The van der Waals surface area contributed by atoms with Gasteiger partial charge in [-0.1, -0.05) is 0 Å². The minimum Gasteiger partial charge on any atom is -0.461 e. The molecule has 0 aliphatic carbocycles. The third kappa shape index (κ3) is 1.77. The molecule has 0 unspecified atom stereocenters. The highest BCUT2D eigenvalue weighted by atomic mass is 32.2. The maximum atomic E-state index is 11.2. The zero-order chi connectivity index (χ0) is 9.35. The van der Waals surface area contributed by atoms with E-state index >= 15 is 0 Å². The van der Waals surface area contributed by atoms with Gasteiger partial charge in [0.25, 0.3) is 0 Å². The first-order chi connectivity index (χ1) is 5.43. The Bertz CT molecular complexity index is 280. The number of sulfone groups is 1. The Balaban J connectivity index is 2.68. The first-order valence-corrected chi connectivity index (χ1v) is 5.54. The molecule has 4 nitrogen and oxygen atoms in total. The summed E-state index contributed by atoms with van der Waals surface area (Å²) in [4.78, 5) is 10.5. The summed E-state index contributed by atoms with van der Waals surface area (Å²) in [6, 6.07) is 0. The van der Waals surface area contributed by atoms with Crippen LogP contribution in [0.5, 0.6) is 0 Å². The number of hydrogen-bond donors (Lipinski definition) is 0. The SMILES string of the molecule is CC(=O)O[C@@H]1CCS(=O)(=O)[C@@H]1C.